The van der Waals surface area contributed by atoms with Crippen molar-refractivity contribution in [1.82, 2.24) is 14.5 Å². The van der Waals surface area contributed by atoms with Crippen LogP contribution in [0.2, 0.25) is 0 Å². The molecular formula is C11H19N5O2S. The highest BCUT2D eigenvalue weighted by molar-refractivity contribution is 7.08. The summed E-state index contributed by atoms with van der Waals surface area (Å²) in [7, 11) is 1.68. The molecule has 0 spiro atoms. The second-order valence-corrected chi connectivity index (χ2v) is 5.46. The first-order valence-electron chi connectivity index (χ1n) is 5.94. The molecule has 7 nitrogen and oxygen atoms in total. The third-order valence-electron chi connectivity index (χ3n) is 2.87. The summed E-state index contributed by atoms with van der Waals surface area (Å²) in [6, 6.07) is -0.175. The molecule has 1 unspecified atom stereocenters. The van der Waals surface area contributed by atoms with Crippen LogP contribution in [-0.2, 0) is 0 Å². The van der Waals surface area contributed by atoms with Crippen LogP contribution >= 0.6 is 11.5 Å². The first kappa shape index (κ1) is 15.4. The third kappa shape index (κ3) is 3.63. The molecule has 0 aliphatic rings. The summed E-state index contributed by atoms with van der Waals surface area (Å²) in [5, 5.41) is 15.4. The maximum absolute atomic E-state index is 12.4. The van der Waals surface area contributed by atoms with Gasteiger partial charge in [0, 0.05) is 19.5 Å². The van der Waals surface area contributed by atoms with Crippen molar-refractivity contribution in [1.29, 1.82) is 0 Å². The van der Waals surface area contributed by atoms with Gasteiger partial charge in [0.2, 0.25) is 0 Å². The normalized spacial score (nSPS) is 13.6. The molecule has 0 aliphatic heterocycles. The van der Waals surface area contributed by atoms with Gasteiger partial charge in [0.1, 0.15) is 10.7 Å². The molecule has 1 heterocycles. The van der Waals surface area contributed by atoms with Crippen molar-refractivity contribution >= 4 is 23.3 Å². The Labute approximate surface area is 116 Å². The highest BCUT2D eigenvalue weighted by Crippen LogP contribution is 2.22. The number of aromatic nitrogens is 2. The molecule has 0 aliphatic carbocycles. The van der Waals surface area contributed by atoms with Gasteiger partial charge < -0.3 is 15.8 Å². The minimum absolute atomic E-state index is 0.0960. The summed E-state index contributed by atoms with van der Waals surface area (Å²) in [5.74, 6) is 0.0982. The smallest absolute Gasteiger partial charge is 0.267 e. The van der Waals surface area contributed by atoms with E-state index in [1.807, 2.05) is 20.8 Å². The molecule has 19 heavy (non-hydrogen) atoms. The lowest BCUT2D eigenvalue weighted by atomic mass is 10.1. The molecule has 1 rings (SSSR count). The van der Waals surface area contributed by atoms with Gasteiger partial charge in [0.15, 0.2) is 0 Å². The Hall–Kier alpha value is -1.70. The molecule has 8 heteroatoms. The van der Waals surface area contributed by atoms with Crippen molar-refractivity contribution in [2.75, 3.05) is 7.05 Å². The van der Waals surface area contributed by atoms with E-state index in [0.717, 1.165) is 11.5 Å². The zero-order valence-electron chi connectivity index (χ0n) is 11.5. The number of oxime groups is 1. The molecule has 1 atom stereocenters. The number of amidine groups is 1. The topological polar surface area (TPSA) is 105 Å². The first-order valence-corrected chi connectivity index (χ1v) is 6.71. The van der Waals surface area contributed by atoms with E-state index in [4.69, 9.17) is 10.9 Å². The number of hydrogen-bond donors (Lipinski definition) is 2. The Bertz CT molecular complexity index is 471. The summed E-state index contributed by atoms with van der Waals surface area (Å²) < 4.78 is 3.84. The lowest BCUT2D eigenvalue weighted by molar-refractivity contribution is 0.0750. The van der Waals surface area contributed by atoms with Crippen LogP contribution in [0.15, 0.2) is 5.16 Å². The lowest BCUT2D eigenvalue weighted by Crippen LogP contribution is -2.37. The largest absolute Gasteiger partial charge is 0.409 e. The Kier molecular flexibility index (Phi) is 5.22. The molecule has 1 amide bonds. The molecule has 0 aromatic carbocycles. The van der Waals surface area contributed by atoms with E-state index >= 15 is 0 Å². The van der Waals surface area contributed by atoms with Gasteiger partial charge in [-0.3, -0.25) is 4.79 Å². The van der Waals surface area contributed by atoms with Crippen LogP contribution in [0.25, 0.3) is 0 Å². The molecular weight excluding hydrogens is 266 g/mol. The highest BCUT2D eigenvalue weighted by Gasteiger charge is 2.24. The zero-order valence-corrected chi connectivity index (χ0v) is 12.3. The molecule has 0 saturated carbocycles. The quantitative estimate of drug-likeness (QED) is 0.367. The number of amides is 1. The summed E-state index contributed by atoms with van der Waals surface area (Å²) >= 11 is 1.09. The molecule has 0 bridgehead atoms. The van der Waals surface area contributed by atoms with Crippen LogP contribution in [-0.4, -0.2) is 44.5 Å². The second-order valence-electron chi connectivity index (χ2n) is 4.70. The highest BCUT2D eigenvalue weighted by atomic mass is 32.1. The minimum Gasteiger partial charge on any atom is -0.409 e. The van der Waals surface area contributed by atoms with Crippen LogP contribution in [0.5, 0.6) is 0 Å². The molecule has 0 radical (unpaired) electrons. The van der Waals surface area contributed by atoms with Crippen LogP contribution in [0.4, 0.5) is 0 Å². The Morgan fingerprint density at radius 3 is 2.68 bits per heavy atom. The van der Waals surface area contributed by atoms with Crippen molar-refractivity contribution in [3.05, 3.63) is 10.6 Å². The Morgan fingerprint density at radius 2 is 2.16 bits per heavy atom. The third-order valence-corrected chi connectivity index (χ3v) is 3.60. The fourth-order valence-corrected chi connectivity index (χ4v) is 2.37. The first-order chi connectivity index (χ1) is 8.88. The van der Waals surface area contributed by atoms with Gasteiger partial charge in [-0.1, -0.05) is 23.5 Å². The number of rotatable bonds is 5. The van der Waals surface area contributed by atoms with E-state index in [-0.39, 0.29) is 23.7 Å². The number of carbonyl (C=O) groups excluding carboxylic acids is 1. The Balaban J connectivity index is 2.84. The maximum Gasteiger partial charge on any atom is 0.267 e. The average molecular weight is 285 g/mol. The second kappa shape index (κ2) is 6.46. The number of carbonyl (C=O) groups is 1. The van der Waals surface area contributed by atoms with Gasteiger partial charge in [-0.15, -0.1) is 5.10 Å². The monoisotopic (exact) mass is 285 g/mol. The molecule has 0 saturated heterocycles. The van der Waals surface area contributed by atoms with E-state index in [9.17, 15) is 4.79 Å². The van der Waals surface area contributed by atoms with Crippen molar-refractivity contribution in [2.45, 2.75) is 39.2 Å². The minimum atomic E-state index is -0.175. The van der Waals surface area contributed by atoms with Crippen LogP contribution in [0, 0.1) is 0 Å². The maximum atomic E-state index is 12.4. The fourth-order valence-electron chi connectivity index (χ4n) is 1.56. The van der Waals surface area contributed by atoms with Gasteiger partial charge in [-0.2, -0.15) is 0 Å². The molecule has 106 valence electrons. The van der Waals surface area contributed by atoms with Crippen molar-refractivity contribution in [3.63, 3.8) is 0 Å². The predicted octanol–water partition coefficient (Wildman–Crippen LogP) is 1.26. The standard InChI is InChI=1S/C11H19N5O2S/c1-6(2)9-10(19-15-13-9)11(17)16(4)7(3)5-8(12)14-18/h6-7,18H,5H2,1-4H3,(H2,12,14). The van der Waals surface area contributed by atoms with Crippen LogP contribution in [0.1, 0.15) is 48.5 Å². The summed E-state index contributed by atoms with van der Waals surface area (Å²) in [6.07, 6.45) is 0.308. The Morgan fingerprint density at radius 1 is 1.53 bits per heavy atom. The number of nitrogens with two attached hydrogens (primary N) is 1. The van der Waals surface area contributed by atoms with Gasteiger partial charge in [0.25, 0.3) is 5.91 Å². The van der Waals surface area contributed by atoms with Crippen molar-refractivity contribution in [2.24, 2.45) is 10.9 Å². The van der Waals surface area contributed by atoms with Crippen molar-refractivity contribution in [3.8, 4) is 0 Å². The van der Waals surface area contributed by atoms with E-state index in [2.05, 4.69) is 14.7 Å². The average Bonchev–Trinajstić information content (AvgIpc) is 2.85. The lowest BCUT2D eigenvalue weighted by Gasteiger charge is -2.24. The van der Waals surface area contributed by atoms with E-state index in [1.165, 1.54) is 0 Å². The molecule has 1 aromatic heterocycles. The predicted molar refractivity (Wildman–Crippen MR) is 73.6 cm³/mol. The van der Waals surface area contributed by atoms with E-state index < -0.39 is 0 Å². The van der Waals surface area contributed by atoms with Crippen LogP contribution < -0.4 is 5.73 Å². The van der Waals surface area contributed by atoms with E-state index in [0.29, 0.717) is 17.0 Å². The zero-order chi connectivity index (χ0) is 14.6. The molecule has 0 fully saturated rings. The van der Waals surface area contributed by atoms with Gasteiger partial charge >= 0.3 is 0 Å². The van der Waals surface area contributed by atoms with Gasteiger partial charge in [-0.05, 0) is 24.4 Å². The molecule has 3 N–H and O–H groups in total. The van der Waals surface area contributed by atoms with Crippen molar-refractivity contribution < 1.29 is 10.0 Å². The molecule has 1 aromatic rings. The van der Waals surface area contributed by atoms with Gasteiger partial charge in [-0.25, -0.2) is 0 Å². The fraction of sp³-hybridized carbons (Fsp3) is 0.636. The number of nitrogens with zero attached hydrogens (tertiary/aromatic N) is 4. The van der Waals surface area contributed by atoms with E-state index in [1.54, 1.807) is 11.9 Å². The van der Waals surface area contributed by atoms with Gasteiger partial charge in [0.05, 0.1) is 5.69 Å². The SMILES string of the molecule is CC(C)c1nnsc1C(=O)N(C)C(C)CC(N)=NO. The summed E-state index contributed by atoms with van der Waals surface area (Å²) in [4.78, 5) is 14.5. The summed E-state index contributed by atoms with van der Waals surface area (Å²) in [5.41, 5.74) is 6.15. The van der Waals surface area contributed by atoms with Crippen LogP contribution in [0.3, 0.4) is 0 Å². The summed E-state index contributed by atoms with van der Waals surface area (Å²) in [6.45, 7) is 5.76. The number of hydrogen-bond acceptors (Lipinski definition) is 6.